The lowest BCUT2D eigenvalue weighted by Gasteiger charge is -2.09. The van der Waals surface area contributed by atoms with Crippen LogP contribution in [0.3, 0.4) is 0 Å². The first-order valence-electron chi connectivity index (χ1n) is 5.17. The molecule has 0 saturated carbocycles. The molecule has 5 heteroatoms. The molecule has 0 aromatic heterocycles. The highest BCUT2D eigenvalue weighted by molar-refractivity contribution is 9.10. The van der Waals surface area contributed by atoms with Crippen molar-refractivity contribution in [1.29, 1.82) is 0 Å². The standard InChI is InChI=1S/C13H10BrF2NO/c14-9-1-2-13(12(17)5-9)18-7-8-3-10(15)6-11(16)4-8/h1-6H,7,17H2. The number of nitrogen functional groups attached to an aromatic ring is 1. The van der Waals surface area contributed by atoms with Crippen LogP contribution >= 0.6 is 15.9 Å². The first-order valence-corrected chi connectivity index (χ1v) is 5.97. The maximum Gasteiger partial charge on any atom is 0.142 e. The molecule has 0 aliphatic carbocycles. The van der Waals surface area contributed by atoms with Crippen molar-refractivity contribution in [1.82, 2.24) is 0 Å². The second-order valence-electron chi connectivity index (χ2n) is 3.75. The monoisotopic (exact) mass is 313 g/mol. The van der Waals surface area contributed by atoms with Gasteiger partial charge >= 0.3 is 0 Å². The van der Waals surface area contributed by atoms with Gasteiger partial charge < -0.3 is 10.5 Å². The van der Waals surface area contributed by atoms with Crippen molar-refractivity contribution in [3.05, 3.63) is 58.1 Å². The van der Waals surface area contributed by atoms with Crippen LogP contribution in [0, 0.1) is 11.6 Å². The van der Waals surface area contributed by atoms with E-state index in [1.54, 1.807) is 18.2 Å². The third-order valence-corrected chi connectivity index (χ3v) is 2.78. The highest BCUT2D eigenvalue weighted by Crippen LogP contribution is 2.26. The molecule has 0 heterocycles. The van der Waals surface area contributed by atoms with Gasteiger partial charge in [0.15, 0.2) is 0 Å². The van der Waals surface area contributed by atoms with Gasteiger partial charge in [-0.3, -0.25) is 0 Å². The van der Waals surface area contributed by atoms with Crippen molar-refractivity contribution in [2.45, 2.75) is 6.61 Å². The van der Waals surface area contributed by atoms with Crippen LogP contribution in [0.4, 0.5) is 14.5 Å². The number of hydrogen-bond acceptors (Lipinski definition) is 2. The fourth-order valence-corrected chi connectivity index (χ4v) is 1.88. The van der Waals surface area contributed by atoms with E-state index in [0.29, 0.717) is 17.0 Å². The van der Waals surface area contributed by atoms with Gasteiger partial charge in [0.2, 0.25) is 0 Å². The average molecular weight is 314 g/mol. The van der Waals surface area contributed by atoms with Gasteiger partial charge in [-0.2, -0.15) is 0 Å². The molecule has 0 unspecified atom stereocenters. The van der Waals surface area contributed by atoms with Crippen LogP contribution in [0.25, 0.3) is 0 Å². The molecule has 2 N–H and O–H groups in total. The van der Waals surface area contributed by atoms with E-state index >= 15 is 0 Å². The fraction of sp³-hybridized carbons (Fsp3) is 0.0769. The van der Waals surface area contributed by atoms with Crippen LogP contribution in [0.5, 0.6) is 5.75 Å². The van der Waals surface area contributed by atoms with E-state index < -0.39 is 11.6 Å². The second kappa shape index (κ2) is 5.35. The molecule has 18 heavy (non-hydrogen) atoms. The van der Waals surface area contributed by atoms with Crippen LogP contribution < -0.4 is 10.5 Å². The van der Waals surface area contributed by atoms with Crippen molar-refractivity contribution >= 4 is 21.6 Å². The van der Waals surface area contributed by atoms with Gasteiger partial charge in [0.05, 0.1) is 5.69 Å². The number of ether oxygens (including phenoxy) is 1. The van der Waals surface area contributed by atoms with Crippen LogP contribution in [-0.4, -0.2) is 0 Å². The SMILES string of the molecule is Nc1cc(Br)ccc1OCc1cc(F)cc(F)c1. The highest BCUT2D eigenvalue weighted by Gasteiger charge is 2.04. The molecule has 2 aromatic rings. The minimum Gasteiger partial charge on any atom is -0.487 e. The molecule has 2 nitrogen and oxygen atoms in total. The molecule has 0 radical (unpaired) electrons. The summed E-state index contributed by atoms with van der Waals surface area (Å²) in [5, 5.41) is 0. The van der Waals surface area contributed by atoms with Crippen molar-refractivity contribution in [2.24, 2.45) is 0 Å². The predicted molar refractivity (Wildman–Crippen MR) is 69.2 cm³/mol. The maximum atomic E-state index is 13.0. The van der Waals surface area contributed by atoms with Gasteiger partial charge in [0.1, 0.15) is 24.0 Å². The van der Waals surface area contributed by atoms with E-state index in [-0.39, 0.29) is 6.61 Å². The summed E-state index contributed by atoms with van der Waals surface area (Å²) in [6, 6.07) is 8.42. The molecule has 0 aliphatic rings. The van der Waals surface area contributed by atoms with E-state index in [1.807, 2.05) is 0 Å². The molecule has 0 atom stereocenters. The Bertz CT molecular complexity index is 555. The Morgan fingerprint density at radius 1 is 1.06 bits per heavy atom. The number of nitrogens with two attached hydrogens (primary N) is 1. The molecule has 0 amide bonds. The molecule has 0 aliphatic heterocycles. The van der Waals surface area contributed by atoms with Crippen molar-refractivity contribution < 1.29 is 13.5 Å². The van der Waals surface area contributed by atoms with Crippen LogP contribution in [0.1, 0.15) is 5.56 Å². The van der Waals surface area contributed by atoms with Gasteiger partial charge in [0, 0.05) is 10.5 Å². The zero-order chi connectivity index (χ0) is 13.1. The van der Waals surface area contributed by atoms with Crippen molar-refractivity contribution in [3.63, 3.8) is 0 Å². The van der Waals surface area contributed by atoms with Gasteiger partial charge in [0.25, 0.3) is 0 Å². The third kappa shape index (κ3) is 3.20. The van der Waals surface area contributed by atoms with Crippen molar-refractivity contribution in [2.75, 3.05) is 5.73 Å². The van der Waals surface area contributed by atoms with E-state index in [1.165, 1.54) is 12.1 Å². The number of rotatable bonds is 3. The summed E-state index contributed by atoms with van der Waals surface area (Å²) in [6.45, 7) is 0.0561. The number of anilines is 1. The first-order chi connectivity index (χ1) is 8.54. The summed E-state index contributed by atoms with van der Waals surface area (Å²) in [4.78, 5) is 0. The van der Waals surface area contributed by atoms with Crippen molar-refractivity contribution in [3.8, 4) is 5.75 Å². The van der Waals surface area contributed by atoms with E-state index in [0.717, 1.165) is 10.5 Å². The van der Waals surface area contributed by atoms with Crippen LogP contribution in [0.2, 0.25) is 0 Å². The fourth-order valence-electron chi connectivity index (χ4n) is 1.51. The third-order valence-electron chi connectivity index (χ3n) is 2.29. The zero-order valence-corrected chi connectivity index (χ0v) is 10.9. The second-order valence-corrected chi connectivity index (χ2v) is 4.66. The van der Waals surface area contributed by atoms with E-state index in [4.69, 9.17) is 10.5 Å². The van der Waals surface area contributed by atoms with Gasteiger partial charge in [-0.15, -0.1) is 0 Å². The van der Waals surface area contributed by atoms with E-state index in [9.17, 15) is 8.78 Å². The zero-order valence-electron chi connectivity index (χ0n) is 9.29. The molecule has 94 valence electrons. The number of hydrogen-bond donors (Lipinski definition) is 1. The Morgan fingerprint density at radius 3 is 2.33 bits per heavy atom. The molecule has 2 rings (SSSR count). The minimum atomic E-state index is -0.627. The minimum absolute atomic E-state index is 0.0561. The lowest BCUT2D eigenvalue weighted by Crippen LogP contribution is -1.99. The van der Waals surface area contributed by atoms with E-state index in [2.05, 4.69) is 15.9 Å². The smallest absolute Gasteiger partial charge is 0.142 e. The summed E-state index contributed by atoms with van der Waals surface area (Å²) in [5.41, 5.74) is 6.61. The largest absolute Gasteiger partial charge is 0.487 e. The summed E-state index contributed by atoms with van der Waals surface area (Å²) in [7, 11) is 0. The average Bonchev–Trinajstić information content (AvgIpc) is 2.26. The predicted octanol–water partition coefficient (Wildman–Crippen LogP) is 3.89. The summed E-state index contributed by atoms with van der Waals surface area (Å²) in [6.07, 6.45) is 0. The molecule has 2 aromatic carbocycles. The number of halogens is 3. The lowest BCUT2D eigenvalue weighted by atomic mass is 10.2. The Balaban J connectivity index is 2.11. The van der Waals surface area contributed by atoms with Gasteiger partial charge in [-0.05, 0) is 35.9 Å². The maximum absolute atomic E-state index is 13.0. The Morgan fingerprint density at radius 2 is 1.72 bits per heavy atom. The van der Waals surface area contributed by atoms with Gasteiger partial charge in [-0.25, -0.2) is 8.78 Å². The molecular formula is C13H10BrF2NO. The normalized spacial score (nSPS) is 10.4. The quantitative estimate of drug-likeness (QED) is 0.873. The topological polar surface area (TPSA) is 35.2 Å². The van der Waals surface area contributed by atoms with Crippen LogP contribution in [-0.2, 0) is 6.61 Å². The summed E-state index contributed by atoms with van der Waals surface area (Å²) < 4.78 is 32.2. The molecule has 0 fully saturated rings. The number of benzene rings is 2. The summed E-state index contributed by atoms with van der Waals surface area (Å²) >= 11 is 3.28. The Labute approximate surface area is 112 Å². The lowest BCUT2D eigenvalue weighted by molar-refractivity contribution is 0.306. The molecule has 0 saturated heterocycles. The molecule has 0 spiro atoms. The van der Waals surface area contributed by atoms with Gasteiger partial charge in [-0.1, -0.05) is 15.9 Å². The molecule has 0 bridgehead atoms. The highest BCUT2D eigenvalue weighted by atomic mass is 79.9. The summed E-state index contributed by atoms with van der Waals surface area (Å²) in [5.74, 6) is -0.780. The molecular weight excluding hydrogens is 304 g/mol. The van der Waals surface area contributed by atoms with Crippen LogP contribution in [0.15, 0.2) is 40.9 Å². The first kappa shape index (κ1) is 12.8. The Hall–Kier alpha value is -1.62. The Kier molecular flexibility index (Phi) is 3.81.